The van der Waals surface area contributed by atoms with Crippen LogP contribution >= 0.6 is 0 Å². The Hall–Kier alpha value is -3.03. The van der Waals surface area contributed by atoms with E-state index >= 15 is 0 Å². The number of H-pyrrole nitrogens is 1. The molecule has 0 radical (unpaired) electrons. The van der Waals surface area contributed by atoms with Crippen LogP contribution in [0, 0.1) is 21.7 Å². The lowest BCUT2D eigenvalue weighted by molar-refractivity contribution is -0.384. The number of benzene rings is 2. The van der Waals surface area contributed by atoms with E-state index in [1.165, 1.54) is 18.2 Å². The van der Waals surface area contributed by atoms with Crippen LogP contribution in [0.4, 0.5) is 20.2 Å². The third kappa shape index (κ3) is 2.16. The van der Waals surface area contributed by atoms with Gasteiger partial charge in [-0.2, -0.15) is 0 Å². The molecule has 8 heteroatoms. The number of hydrogen-bond acceptors (Lipinski definition) is 4. The third-order valence-electron chi connectivity index (χ3n) is 3.01. The van der Waals surface area contributed by atoms with Gasteiger partial charge in [-0.05, 0) is 12.1 Å². The van der Waals surface area contributed by atoms with E-state index < -0.39 is 16.6 Å². The topological polar surface area (TPSA) is 97.8 Å². The summed E-state index contributed by atoms with van der Waals surface area (Å²) in [6.45, 7) is 0. The number of halogens is 2. The van der Waals surface area contributed by atoms with Crippen LogP contribution in [0.5, 0.6) is 0 Å². The van der Waals surface area contributed by atoms with Crippen LogP contribution < -0.4 is 5.73 Å². The average Bonchev–Trinajstić information content (AvgIpc) is 2.82. The number of aromatic nitrogens is 2. The van der Waals surface area contributed by atoms with Gasteiger partial charge in [-0.25, -0.2) is 13.8 Å². The number of nitro benzene ring substituents is 1. The molecule has 0 aliphatic heterocycles. The first kappa shape index (κ1) is 13.0. The second-order valence-corrected chi connectivity index (χ2v) is 4.40. The van der Waals surface area contributed by atoms with Crippen molar-refractivity contribution in [3.8, 4) is 11.4 Å². The lowest BCUT2D eigenvalue weighted by Crippen LogP contribution is -1.94. The Kier molecular flexibility index (Phi) is 2.79. The van der Waals surface area contributed by atoms with Crippen LogP contribution in [-0.4, -0.2) is 14.9 Å². The molecule has 3 aromatic rings. The van der Waals surface area contributed by atoms with E-state index in [1.807, 2.05) is 0 Å². The summed E-state index contributed by atoms with van der Waals surface area (Å²) in [5.74, 6) is -1.32. The molecule has 0 aliphatic carbocycles. The predicted molar refractivity (Wildman–Crippen MR) is 72.5 cm³/mol. The minimum atomic E-state index is -0.798. The van der Waals surface area contributed by atoms with Crippen molar-refractivity contribution in [2.24, 2.45) is 0 Å². The Bertz CT molecular complexity index is 876. The number of anilines is 1. The van der Waals surface area contributed by atoms with Gasteiger partial charge in [0.15, 0.2) is 5.82 Å². The molecule has 1 heterocycles. The maximum Gasteiger partial charge on any atom is 0.271 e. The van der Waals surface area contributed by atoms with E-state index in [2.05, 4.69) is 9.97 Å². The van der Waals surface area contributed by atoms with Gasteiger partial charge in [0, 0.05) is 29.4 Å². The summed E-state index contributed by atoms with van der Waals surface area (Å²) < 4.78 is 26.7. The first-order valence-electron chi connectivity index (χ1n) is 5.85. The zero-order valence-corrected chi connectivity index (χ0v) is 10.4. The lowest BCUT2D eigenvalue weighted by Gasteiger charge is -2.01. The molecule has 0 amide bonds. The molecule has 106 valence electrons. The van der Waals surface area contributed by atoms with Crippen molar-refractivity contribution in [1.29, 1.82) is 0 Å². The monoisotopic (exact) mass is 290 g/mol. The number of hydrogen-bond donors (Lipinski definition) is 2. The van der Waals surface area contributed by atoms with Gasteiger partial charge in [-0.1, -0.05) is 0 Å². The fourth-order valence-electron chi connectivity index (χ4n) is 2.05. The summed E-state index contributed by atoms with van der Waals surface area (Å²) in [6, 6.07) is 5.68. The second-order valence-electron chi connectivity index (χ2n) is 4.40. The number of rotatable bonds is 2. The molecule has 3 N–H and O–H groups in total. The van der Waals surface area contributed by atoms with Gasteiger partial charge in [-0.3, -0.25) is 10.1 Å². The number of fused-ring (bicyclic) bond motifs is 1. The number of imidazole rings is 1. The molecule has 0 saturated heterocycles. The summed E-state index contributed by atoms with van der Waals surface area (Å²) >= 11 is 0. The van der Waals surface area contributed by atoms with Crippen molar-refractivity contribution in [2.45, 2.75) is 0 Å². The number of aromatic amines is 1. The van der Waals surface area contributed by atoms with E-state index in [9.17, 15) is 18.9 Å². The number of nitrogens with one attached hydrogen (secondary N) is 1. The van der Waals surface area contributed by atoms with Gasteiger partial charge in [0.05, 0.1) is 10.4 Å². The van der Waals surface area contributed by atoms with Crippen LogP contribution in [0.15, 0.2) is 30.3 Å². The minimum Gasteiger partial charge on any atom is -0.398 e. The smallest absolute Gasteiger partial charge is 0.271 e. The summed E-state index contributed by atoms with van der Waals surface area (Å²) in [6.07, 6.45) is 0. The van der Waals surface area contributed by atoms with Gasteiger partial charge >= 0.3 is 0 Å². The number of non-ortho nitro benzene ring substituents is 1. The summed E-state index contributed by atoms with van der Waals surface area (Å²) in [5, 5.41) is 10.7. The van der Waals surface area contributed by atoms with Gasteiger partial charge in [0.25, 0.3) is 5.69 Å². The normalized spacial score (nSPS) is 11.0. The van der Waals surface area contributed by atoms with E-state index in [0.29, 0.717) is 5.56 Å². The maximum atomic E-state index is 13.6. The SMILES string of the molecule is Nc1cc([N+](=O)[O-])ccc1-c1nc2c(F)cc(F)cc2[nH]1. The molecule has 0 aliphatic rings. The maximum absolute atomic E-state index is 13.6. The molecule has 0 fully saturated rings. The molecule has 0 bridgehead atoms. The van der Waals surface area contributed by atoms with Gasteiger partial charge in [0.1, 0.15) is 17.2 Å². The van der Waals surface area contributed by atoms with E-state index in [0.717, 1.165) is 12.1 Å². The zero-order valence-electron chi connectivity index (χ0n) is 10.4. The lowest BCUT2D eigenvalue weighted by atomic mass is 10.1. The van der Waals surface area contributed by atoms with Crippen molar-refractivity contribution in [2.75, 3.05) is 5.73 Å². The summed E-state index contributed by atoms with van der Waals surface area (Å²) in [7, 11) is 0. The molecule has 0 atom stereocenters. The molecule has 6 nitrogen and oxygen atoms in total. The van der Waals surface area contributed by atoms with Crippen molar-refractivity contribution in [3.63, 3.8) is 0 Å². The fourth-order valence-corrected chi connectivity index (χ4v) is 2.05. The largest absolute Gasteiger partial charge is 0.398 e. The van der Waals surface area contributed by atoms with Gasteiger partial charge in [-0.15, -0.1) is 0 Å². The minimum absolute atomic E-state index is 0.0239. The molecule has 21 heavy (non-hydrogen) atoms. The second kappa shape index (κ2) is 4.51. The van der Waals surface area contributed by atoms with Crippen molar-refractivity contribution >= 4 is 22.4 Å². The van der Waals surface area contributed by atoms with Crippen molar-refractivity contribution in [3.05, 3.63) is 52.1 Å². The number of nitrogens with zero attached hydrogens (tertiary/aromatic N) is 2. The van der Waals surface area contributed by atoms with Crippen LogP contribution in [-0.2, 0) is 0 Å². The first-order chi connectivity index (χ1) is 9.95. The highest BCUT2D eigenvalue weighted by Crippen LogP contribution is 2.29. The molecule has 2 aromatic carbocycles. The predicted octanol–water partition coefficient (Wildman–Crippen LogP) is 3.00. The summed E-state index contributed by atoms with van der Waals surface area (Å²) in [4.78, 5) is 16.8. The zero-order chi connectivity index (χ0) is 15.1. The van der Waals surface area contributed by atoms with E-state index in [-0.39, 0.29) is 28.2 Å². The Morgan fingerprint density at radius 3 is 2.67 bits per heavy atom. The highest BCUT2D eigenvalue weighted by atomic mass is 19.1. The number of nitro groups is 1. The third-order valence-corrected chi connectivity index (χ3v) is 3.01. The Morgan fingerprint density at radius 2 is 2.00 bits per heavy atom. The van der Waals surface area contributed by atoms with Gasteiger partial charge < -0.3 is 10.7 Å². The van der Waals surface area contributed by atoms with Crippen LogP contribution in [0.1, 0.15) is 0 Å². The van der Waals surface area contributed by atoms with Crippen LogP contribution in [0.2, 0.25) is 0 Å². The Labute approximate surface area is 116 Å². The number of nitrogens with two attached hydrogens (primary N) is 1. The fraction of sp³-hybridized carbons (Fsp3) is 0. The number of nitrogen functional groups attached to an aromatic ring is 1. The molecule has 0 spiro atoms. The van der Waals surface area contributed by atoms with Crippen LogP contribution in [0.3, 0.4) is 0 Å². The first-order valence-corrected chi connectivity index (χ1v) is 5.85. The molecule has 0 unspecified atom stereocenters. The van der Waals surface area contributed by atoms with Crippen LogP contribution in [0.25, 0.3) is 22.4 Å². The highest BCUT2D eigenvalue weighted by Gasteiger charge is 2.15. The quantitative estimate of drug-likeness (QED) is 0.430. The van der Waals surface area contributed by atoms with Gasteiger partial charge in [0.2, 0.25) is 0 Å². The molecular weight excluding hydrogens is 282 g/mol. The Balaban J connectivity index is 2.17. The highest BCUT2D eigenvalue weighted by molar-refractivity contribution is 5.83. The van der Waals surface area contributed by atoms with E-state index in [1.54, 1.807) is 0 Å². The van der Waals surface area contributed by atoms with E-state index in [4.69, 9.17) is 5.73 Å². The van der Waals surface area contributed by atoms with Crippen molar-refractivity contribution in [1.82, 2.24) is 9.97 Å². The standard InChI is InChI=1S/C13H8F2N4O2/c14-6-3-9(15)12-11(4-6)17-13(18-12)8-2-1-7(19(20)21)5-10(8)16/h1-5H,16H2,(H,17,18). The summed E-state index contributed by atoms with van der Waals surface area (Å²) in [5.41, 5.74) is 6.23. The van der Waals surface area contributed by atoms with Crippen molar-refractivity contribution < 1.29 is 13.7 Å². The average molecular weight is 290 g/mol. The Morgan fingerprint density at radius 1 is 1.24 bits per heavy atom. The molecular formula is C13H8F2N4O2. The molecule has 1 aromatic heterocycles. The molecule has 3 rings (SSSR count). The molecule has 0 saturated carbocycles.